The second-order valence-corrected chi connectivity index (χ2v) is 9.02. The molecule has 1 aliphatic carbocycles. The monoisotopic (exact) mass is 399 g/mol. The van der Waals surface area contributed by atoms with E-state index >= 15 is 4.39 Å². The highest BCUT2D eigenvalue weighted by Crippen LogP contribution is 2.39. The first-order chi connectivity index (χ1) is 12.7. The molecule has 1 amide bonds. The number of aryl methyl sites for hydroxylation is 1. The summed E-state index contributed by atoms with van der Waals surface area (Å²) >= 11 is 0. The summed E-state index contributed by atoms with van der Waals surface area (Å²) < 4.78 is 41.7. The van der Waals surface area contributed by atoms with Crippen LogP contribution in [0.4, 0.5) is 10.1 Å². The van der Waals surface area contributed by atoms with Crippen LogP contribution in [0.3, 0.4) is 0 Å². The minimum atomic E-state index is -4.18. The average Bonchev–Trinajstić information content (AvgIpc) is 2.87. The molecular formula is C18H26FN3O4S. The summed E-state index contributed by atoms with van der Waals surface area (Å²) in [7, 11) is -4.18. The number of nitrogens with one attached hydrogen (secondary N) is 2. The number of phenols is 1. The number of hydrogen-bond acceptors (Lipinski definition) is 5. The van der Waals surface area contributed by atoms with Gasteiger partial charge in [0, 0.05) is 6.04 Å². The molecule has 1 saturated heterocycles. The smallest absolute Gasteiger partial charge is 0.326 e. The highest BCUT2D eigenvalue weighted by Gasteiger charge is 2.39. The molecule has 3 rings (SSSR count). The number of anilines is 1. The van der Waals surface area contributed by atoms with Gasteiger partial charge in [-0.05, 0) is 55.3 Å². The predicted molar refractivity (Wildman–Crippen MR) is 100 cm³/mol. The number of fused-ring (bicyclic) bond motifs is 1. The van der Waals surface area contributed by atoms with Crippen molar-refractivity contribution >= 4 is 21.8 Å². The maximum absolute atomic E-state index is 15.2. The van der Waals surface area contributed by atoms with Crippen molar-refractivity contribution in [2.45, 2.75) is 52.0 Å². The summed E-state index contributed by atoms with van der Waals surface area (Å²) in [6.07, 6.45) is 4.01. The zero-order chi connectivity index (χ0) is 19.8. The molecule has 0 saturated carbocycles. The molecule has 7 nitrogen and oxygen atoms in total. The van der Waals surface area contributed by atoms with E-state index in [1.54, 1.807) is 4.72 Å². The van der Waals surface area contributed by atoms with Crippen molar-refractivity contribution in [3.8, 4) is 5.75 Å². The molecular weight excluding hydrogens is 373 g/mol. The molecule has 0 spiro atoms. The van der Waals surface area contributed by atoms with Crippen LogP contribution in [0.15, 0.2) is 6.07 Å². The van der Waals surface area contributed by atoms with Crippen LogP contribution in [0.2, 0.25) is 0 Å². The number of amides is 1. The Morgan fingerprint density at radius 2 is 2.22 bits per heavy atom. The van der Waals surface area contributed by atoms with Gasteiger partial charge < -0.3 is 10.4 Å². The lowest BCUT2D eigenvalue weighted by Crippen LogP contribution is -2.36. The van der Waals surface area contributed by atoms with Crippen LogP contribution in [-0.2, 0) is 27.8 Å². The van der Waals surface area contributed by atoms with Crippen LogP contribution in [0.5, 0.6) is 5.75 Å². The molecule has 1 aromatic rings. The molecule has 2 aliphatic rings. The molecule has 27 heavy (non-hydrogen) atoms. The summed E-state index contributed by atoms with van der Waals surface area (Å²) in [5.74, 6) is -1.36. The van der Waals surface area contributed by atoms with Gasteiger partial charge in [0.05, 0.1) is 0 Å². The zero-order valence-corrected chi connectivity index (χ0v) is 16.4. The minimum Gasteiger partial charge on any atom is -0.506 e. The number of aromatic hydroxyl groups is 1. The van der Waals surface area contributed by atoms with E-state index in [2.05, 4.69) is 19.2 Å². The molecule has 2 atom stereocenters. The van der Waals surface area contributed by atoms with Gasteiger partial charge in [-0.25, -0.2) is 13.4 Å². The first-order valence-corrected chi connectivity index (χ1v) is 10.8. The first kappa shape index (κ1) is 19.9. The number of hydrogen-bond donors (Lipinski definition) is 3. The van der Waals surface area contributed by atoms with Crippen LogP contribution >= 0.6 is 0 Å². The van der Waals surface area contributed by atoms with Gasteiger partial charge in [-0.1, -0.05) is 20.3 Å². The Labute approximate surface area is 159 Å². The molecule has 1 fully saturated rings. The highest BCUT2D eigenvalue weighted by atomic mass is 32.2. The van der Waals surface area contributed by atoms with Crippen molar-refractivity contribution in [2.75, 3.05) is 17.4 Å². The quantitative estimate of drug-likeness (QED) is 0.675. The molecule has 1 heterocycles. The number of benzene rings is 1. The van der Waals surface area contributed by atoms with E-state index in [0.29, 0.717) is 34.2 Å². The second kappa shape index (κ2) is 7.63. The Bertz CT molecular complexity index is 843. The normalized spacial score (nSPS) is 22.4. The molecule has 1 aromatic carbocycles. The SMILES string of the molecule is CCC(C)CCN[C@@H]1CCc2cc(O)c(N3CC(=O)NS3(=O)=O)c(F)c2C1. The molecule has 0 bridgehead atoms. The minimum absolute atomic E-state index is 0.100. The first-order valence-electron chi connectivity index (χ1n) is 9.32. The fraction of sp³-hybridized carbons (Fsp3) is 0.611. The average molecular weight is 399 g/mol. The topological polar surface area (TPSA) is 98.7 Å². The van der Waals surface area contributed by atoms with E-state index in [0.717, 1.165) is 25.8 Å². The Hall–Kier alpha value is -1.87. The molecule has 0 radical (unpaired) electrons. The largest absolute Gasteiger partial charge is 0.506 e. The third-order valence-corrected chi connectivity index (χ3v) is 6.84. The van der Waals surface area contributed by atoms with Gasteiger partial charge in [0.2, 0.25) is 0 Å². The number of nitrogens with zero attached hydrogens (tertiary/aromatic N) is 1. The van der Waals surface area contributed by atoms with Crippen LogP contribution in [0, 0.1) is 11.7 Å². The van der Waals surface area contributed by atoms with E-state index < -0.39 is 39.9 Å². The van der Waals surface area contributed by atoms with Crippen molar-refractivity contribution in [1.29, 1.82) is 0 Å². The summed E-state index contributed by atoms with van der Waals surface area (Å²) in [5.41, 5.74) is 0.640. The van der Waals surface area contributed by atoms with Gasteiger partial charge in [0.1, 0.15) is 18.0 Å². The van der Waals surface area contributed by atoms with E-state index in [1.165, 1.54) is 6.07 Å². The molecule has 150 valence electrons. The third kappa shape index (κ3) is 4.03. The second-order valence-electron chi connectivity index (χ2n) is 7.43. The molecule has 9 heteroatoms. The Morgan fingerprint density at radius 3 is 2.85 bits per heavy atom. The summed E-state index contributed by atoms with van der Waals surface area (Å²) in [5, 5.41) is 13.7. The zero-order valence-electron chi connectivity index (χ0n) is 15.6. The van der Waals surface area contributed by atoms with Crippen molar-refractivity contribution in [3.63, 3.8) is 0 Å². The summed E-state index contributed by atoms with van der Waals surface area (Å²) in [4.78, 5) is 11.5. The van der Waals surface area contributed by atoms with Gasteiger partial charge in [-0.3, -0.25) is 4.79 Å². The molecule has 1 unspecified atom stereocenters. The van der Waals surface area contributed by atoms with Gasteiger partial charge in [0.25, 0.3) is 5.91 Å². The van der Waals surface area contributed by atoms with Crippen molar-refractivity contribution in [2.24, 2.45) is 5.92 Å². The van der Waals surface area contributed by atoms with E-state index in [9.17, 15) is 18.3 Å². The fourth-order valence-electron chi connectivity index (χ4n) is 3.63. The third-order valence-electron chi connectivity index (χ3n) is 5.46. The lowest BCUT2D eigenvalue weighted by atomic mass is 9.87. The lowest BCUT2D eigenvalue weighted by Gasteiger charge is -2.28. The van der Waals surface area contributed by atoms with Crippen LogP contribution in [0.25, 0.3) is 0 Å². The van der Waals surface area contributed by atoms with Gasteiger partial charge in [-0.2, -0.15) is 8.42 Å². The molecule has 0 aromatic heterocycles. The number of carbonyl (C=O) groups excluding carboxylic acids is 1. The lowest BCUT2D eigenvalue weighted by molar-refractivity contribution is -0.117. The standard InChI is InChI=1S/C18H26FN3O4S/c1-3-11(2)6-7-20-13-5-4-12-8-15(23)18(17(19)14(12)9-13)22-10-16(24)21-27(22,25)26/h8,11,13,20,23H,3-7,9-10H2,1-2H3,(H,21,24)/t11?,13-/m1/s1. The van der Waals surface area contributed by atoms with Gasteiger partial charge in [0.15, 0.2) is 5.82 Å². The number of rotatable bonds is 6. The Morgan fingerprint density at radius 1 is 1.48 bits per heavy atom. The fourth-order valence-corrected chi connectivity index (χ4v) is 4.80. The number of halogens is 1. The summed E-state index contributed by atoms with van der Waals surface area (Å²) in [6.45, 7) is 4.65. The van der Waals surface area contributed by atoms with Crippen LogP contribution in [0.1, 0.15) is 44.2 Å². The van der Waals surface area contributed by atoms with Crippen molar-refractivity contribution in [3.05, 3.63) is 23.0 Å². The van der Waals surface area contributed by atoms with Crippen LogP contribution < -0.4 is 14.3 Å². The Balaban J connectivity index is 1.83. The Kier molecular flexibility index (Phi) is 5.62. The molecule has 3 N–H and O–H groups in total. The van der Waals surface area contributed by atoms with Crippen molar-refractivity contribution in [1.82, 2.24) is 10.0 Å². The van der Waals surface area contributed by atoms with Crippen molar-refractivity contribution < 1.29 is 22.7 Å². The predicted octanol–water partition coefficient (Wildman–Crippen LogP) is 1.60. The number of carbonyl (C=O) groups is 1. The molecule has 1 aliphatic heterocycles. The van der Waals surface area contributed by atoms with E-state index in [-0.39, 0.29) is 6.04 Å². The van der Waals surface area contributed by atoms with E-state index in [4.69, 9.17) is 0 Å². The van der Waals surface area contributed by atoms with Crippen LogP contribution in [-0.4, -0.2) is 38.6 Å². The highest BCUT2D eigenvalue weighted by molar-refractivity contribution is 7.92. The van der Waals surface area contributed by atoms with Gasteiger partial charge in [-0.15, -0.1) is 0 Å². The van der Waals surface area contributed by atoms with E-state index in [1.807, 2.05) is 0 Å². The maximum Gasteiger partial charge on any atom is 0.326 e. The summed E-state index contributed by atoms with van der Waals surface area (Å²) in [6, 6.07) is 1.52. The number of phenolic OH excluding ortho intramolecular Hbond substituents is 1. The van der Waals surface area contributed by atoms with Gasteiger partial charge >= 0.3 is 10.2 Å². The maximum atomic E-state index is 15.2.